The Bertz CT molecular complexity index is 1300. The molecular formula is C30H32N2O3S. The van der Waals surface area contributed by atoms with Crippen LogP contribution in [-0.4, -0.2) is 25.3 Å². The summed E-state index contributed by atoms with van der Waals surface area (Å²) >= 11 is 1.71. The molecule has 5 nitrogen and oxygen atoms in total. The van der Waals surface area contributed by atoms with Gasteiger partial charge in [0.15, 0.2) is 17.3 Å². The van der Waals surface area contributed by atoms with Gasteiger partial charge in [-0.3, -0.25) is 4.79 Å². The number of hydrogen-bond donors (Lipinski definition) is 2. The largest absolute Gasteiger partial charge is 0.493 e. The number of carbonyl (C=O) groups is 1. The Balaban J connectivity index is 1.53. The van der Waals surface area contributed by atoms with Gasteiger partial charge in [-0.15, -0.1) is 11.8 Å². The molecule has 5 rings (SSSR count). The second-order valence-corrected chi connectivity index (χ2v) is 10.4. The van der Waals surface area contributed by atoms with E-state index in [1.54, 1.807) is 18.9 Å². The molecule has 0 fully saturated rings. The van der Waals surface area contributed by atoms with Crippen molar-refractivity contribution >= 4 is 28.9 Å². The molecule has 0 saturated carbocycles. The van der Waals surface area contributed by atoms with E-state index in [9.17, 15) is 4.79 Å². The molecule has 0 amide bonds. The van der Waals surface area contributed by atoms with Crippen molar-refractivity contribution in [2.24, 2.45) is 0 Å². The number of allylic oxidation sites excluding steroid dienone is 1. The van der Waals surface area contributed by atoms with Gasteiger partial charge in [0.05, 0.1) is 30.6 Å². The van der Waals surface area contributed by atoms with E-state index in [1.165, 1.54) is 4.90 Å². The highest BCUT2D eigenvalue weighted by molar-refractivity contribution is 7.98. The number of anilines is 2. The summed E-state index contributed by atoms with van der Waals surface area (Å²) in [5, 5.41) is 7.27. The fourth-order valence-electron chi connectivity index (χ4n) is 5.06. The molecule has 3 aromatic rings. The number of Topliss-reactive ketones (excluding diaryl/α,β-unsaturated/α-hetero) is 1. The molecule has 0 spiro atoms. The minimum Gasteiger partial charge on any atom is -0.493 e. The van der Waals surface area contributed by atoms with Crippen molar-refractivity contribution in [3.8, 4) is 11.5 Å². The zero-order valence-corrected chi connectivity index (χ0v) is 21.9. The van der Waals surface area contributed by atoms with E-state index in [0.717, 1.165) is 45.9 Å². The van der Waals surface area contributed by atoms with Crippen LogP contribution in [0.3, 0.4) is 0 Å². The number of para-hydroxylation sites is 2. The van der Waals surface area contributed by atoms with Crippen molar-refractivity contribution in [3.63, 3.8) is 0 Å². The lowest BCUT2D eigenvalue weighted by Crippen LogP contribution is -2.26. The number of rotatable bonds is 6. The number of ether oxygens (including phenoxy) is 2. The summed E-state index contributed by atoms with van der Waals surface area (Å²) in [7, 11) is 1.65. The lowest BCUT2D eigenvalue weighted by molar-refractivity contribution is -0.116. The lowest BCUT2D eigenvalue weighted by Gasteiger charge is -2.30. The van der Waals surface area contributed by atoms with Crippen LogP contribution < -0.4 is 20.1 Å². The van der Waals surface area contributed by atoms with Crippen LogP contribution >= 0.6 is 11.8 Å². The quantitative estimate of drug-likeness (QED) is 0.350. The number of fused-ring (bicyclic) bond motifs is 1. The van der Waals surface area contributed by atoms with Crippen LogP contribution in [0.1, 0.15) is 49.8 Å². The van der Waals surface area contributed by atoms with Crippen molar-refractivity contribution in [2.45, 2.75) is 49.6 Å². The number of methoxy groups -OCH3 is 1. The van der Waals surface area contributed by atoms with Crippen molar-refractivity contribution in [1.82, 2.24) is 0 Å². The van der Waals surface area contributed by atoms with Gasteiger partial charge in [0.25, 0.3) is 0 Å². The topological polar surface area (TPSA) is 59.6 Å². The molecule has 1 aliphatic heterocycles. The van der Waals surface area contributed by atoms with Gasteiger partial charge in [-0.25, -0.2) is 0 Å². The van der Waals surface area contributed by atoms with Crippen molar-refractivity contribution in [3.05, 3.63) is 89.1 Å². The van der Waals surface area contributed by atoms with Gasteiger partial charge < -0.3 is 20.1 Å². The molecule has 0 bridgehead atoms. The minimum absolute atomic E-state index is 0.0514. The molecule has 3 aromatic carbocycles. The summed E-state index contributed by atoms with van der Waals surface area (Å²) < 4.78 is 11.5. The third-order valence-corrected chi connectivity index (χ3v) is 7.52. The van der Waals surface area contributed by atoms with Crippen LogP contribution in [-0.2, 0) is 4.79 Å². The Kier molecular flexibility index (Phi) is 6.97. The minimum atomic E-state index is -0.211. The van der Waals surface area contributed by atoms with E-state index in [0.29, 0.717) is 12.2 Å². The summed E-state index contributed by atoms with van der Waals surface area (Å²) in [5.74, 6) is 1.63. The van der Waals surface area contributed by atoms with Crippen LogP contribution in [0.15, 0.2) is 82.9 Å². The highest BCUT2D eigenvalue weighted by atomic mass is 32.2. The van der Waals surface area contributed by atoms with Gasteiger partial charge >= 0.3 is 0 Å². The van der Waals surface area contributed by atoms with Gasteiger partial charge in [-0.05, 0) is 80.0 Å². The zero-order chi connectivity index (χ0) is 25.2. The third-order valence-electron chi connectivity index (χ3n) is 6.78. The summed E-state index contributed by atoms with van der Waals surface area (Å²) in [6.45, 7) is 3.99. The van der Waals surface area contributed by atoms with Gasteiger partial charge in [0.1, 0.15) is 0 Å². The predicted octanol–water partition coefficient (Wildman–Crippen LogP) is 7.18. The molecule has 186 valence electrons. The average Bonchev–Trinajstić information content (AvgIpc) is 3.05. The number of benzene rings is 3. The van der Waals surface area contributed by atoms with E-state index in [-0.39, 0.29) is 23.8 Å². The van der Waals surface area contributed by atoms with Crippen LogP contribution in [0, 0.1) is 0 Å². The molecule has 6 heteroatoms. The fraction of sp³-hybridized carbons (Fsp3) is 0.300. The van der Waals surface area contributed by atoms with E-state index >= 15 is 0 Å². The highest BCUT2D eigenvalue weighted by Gasteiger charge is 2.36. The van der Waals surface area contributed by atoms with E-state index in [1.807, 2.05) is 38.1 Å². The van der Waals surface area contributed by atoms with Crippen LogP contribution in [0.4, 0.5) is 11.4 Å². The highest BCUT2D eigenvalue weighted by Crippen LogP contribution is 2.45. The maximum Gasteiger partial charge on any atom is 0.163 e. The van der Waals surface area contributed by atoms with Crippen LogP contribution in [0.25, 0.3) is 0 Å². The summed E-state index contributed by atoms with van der Waals surface area (Å²) in [4.78, 5) is 15.0. The molecule has 1 aliphatic carbocycles. The normalized spacial score (nSPS) is 19.1. The van der Waals surface area contributed by atoms with Gasteiger partial charge in [0.2, 0.25) is 0 Å². The molecule has 1 heterocycles. The first-order chi connectivity index (χ1) is 17.5. The van der Waals surface area contributed by atoms with Crippen molar-refractivity contribution in [2.75, 3.05) is 24.0 Å². The van der Waals surface area contributed by atoms with Crippen molar-refractivity contribution < 1.29 is 14.3 Å². The maximum absolute atomic E-state index is 13.8. The molecule has 36 heavy (non-hydrogen) atoms. The number of hydrogen-bond acceptors (Lipinski definition) is 6. The van der Waals surface area contributed by atoms with Crippen LogP contribution in [0.5, 0.6) is 11.5 Å². The first kappa shape index (κ1) is 24.3. The molecule has 0 aromatic heterocycles. The SMILES string of the molecule is COc1cc(C2CC(=O)C3=C(C2)Nc2ccccc2NC3c2ccc(SC)cc2)ccc1OC(C)C. The average molecular weight is 501 g/mol. The standard InChI is InChI=1S/C30H32N2O3S/c1-18(2)35-27-14-11-20(17-28(27)34-3)21-15-25-29(26(33)16-21)30(19-9-12-22(36-4)13-10-19)32-24-8-6-5-7-23(24)31-25/h5-14,17-18,21,30-32H,15-16H2,1-4H3. The van der Waals surface area contributed by atoms with Gasteiger partial charge in [-0.1, -0.05) is 30.3 Å². The number of nitrogens with one attached hydrogen (secondary N) is 2. The Hall–Kier alpha value is -3.38. The Labute approximate surface area is 217 Å². The third kappa shape index (κ3) is 4.82. The maximum atomic E-state index is 13.8. The first-order valence-electron chi connectivity index (χ1n) is 12.3. The molecule has 2 unspecified atom stereocenters. The Morgan fingerprint density at radius 3 is 2.33 bits per heavy atom. The second-order valence-electron chi connectivity index (χ2n) is 9.52. The summed E-state index contributed by atoms with van der Waals surface area (Å²) in [6, 6.07) is 22.5. The molecule has 0 radical (unpaired) electrons. The number of ketones is 1. The first-order valence-corrected chi connectivity index (χ1v) is 13.6. The summed E-state index contributed by atoms with van der Waals surface area (Å²) in [6.07, 6.45) is 3.31. The molecule has 2 atom stereocenters. The van der Waals surface area contributed by atoms with Crippen molar-refractivity contribution in [1.29, 1.82) is 0 Å². The Morgan fingerprint density at radius 1 is 0.917 bits per heavy atom. The Morgan fingerprint density at radius 2 is 1.64 bits per heavy atom. The van der Waals surface area contributed by atoms with Gasteiger partial charge in [-0.2, -0.15) is 0 Å². The van der Waals surface area contributed by atoms with Gasteiger partial charge in [0, 0.05) is 22.6 Å². The number of carbonyl (C=O) groups excluding carboxylic acids is 1. The van der Waals surface area contributed by atoms with E-state index in [2.05, 4.69) is 59.4 Å². The molecule has 2 N–H and O–H groups in total. The molecular weight excluding hydrogens is 468 g/mol. The molecule has 0 saturated heterocycles. The molecule has 2 aliphatic rings. The smallest absolute Gasteiger partial charge is 0.163 e. The number of thioether (sulfide) groups is 1. The monoisotopic (exact) mass is 500 g/mol. The zero-order valence-electron chi connectivity index (χ0n) is 21.1. The van der Waals surface area contributed by atoms with E-state index in [4.69, 9.17) is 9.47 Å². The van der Waals surface area contributed by atoms with E-state index < -0.39 is 0 Å². The predicted molar refractivity (Wildman–Crippen MR) is 147 cm³/mol. The van der Waals surface area contributed by atoms with Crippen LogP contribution in [0.2, 0.25) is 0 Å². The fourth-order valence-corrected chi connectivity index (χ4v) is 5.47. The summed E-state index contributed by atoms with van der Waals surface area (Å²) in [5.41, 5.74) is 5.95. The second kappa shape index (κ2) is 10.3. The lowest BCUT2D eigenvalue weighted by atomic mass is 9.78.